The number of nitrogens with zero attached hydrogens (tertiary/aromatic N) is 2. The summed E-state index contributed by atoms with van der Waals surface area (Å²) in [6.45, 7) is 0.812. The van der Waals surface area contributed by atoms with Crippen molar-refractivity contribution >= 4 is 23.3 Å². The van der Waals surface area contributed by atoms with Gasteiger partial charge in [0, 0.05) is 12.6 Å². The molecule has 1 amide bonds. The number of carbonyl (C=O) groups excluding carboxylic acids is 1. The molecule has 108 valence electrons. The predicted octanol–water partition coefficient (Wildman–Crippen LogP) is 3.11. The van der Waals surface area contributed by atoms with E-state index in [0.29, 0.717) is 28.5 Å². The number of anilines is 1. The van der Waals surface area contributed by atoms with E-state index in [9.17, 15) is 4.79 Å². The topological polar surface area (TPSA) is 59.2 Å². The minimum absolute atomic E-state index is 0.0566. The number of nitrogens with two attached hydrogens (primary N) is 1. The third kappa shape index (κ3) is 2.49. The van der Waals surface area contributed by atoms with Crippen LogP contribution in [0.25, 0.3) is 0 Å². The van der Waals surface area contributed by atoms with Crippen LogP contribution in [0, 0.1) is 5.92 Å². The molecule has 20 heavy (non-hydrogen) atoms. The Kier molecular flexibility index (Phi) is 3.83. The van der Waals surface area contributed by atoms with Crippen molar-refractivity contribution in [3.8, 4) is 0 Å². The standard InChI is InChI=1S/C15H20ClN3O/c16-11-7-8-13(17)18-14(11)15(20)19-9-3-5-10-4-1-2-6-12(10)19/h7-8,10,12H,1-6,9H2,(H2,17,18)/t10-,12-/m1/s1. The second kappa shape index (κ2) is 5.60. The molecule has 0 radical (unpaired) electrons. The lowest BCUT2D eigenvalue weighted by Gasteiger charge is -2.44. The predicted molar refractivity (Wildman–Crippen MR) is 79.7 cm³/mol. The van der Waals surface area contributed by atoms with Crippen LogP contribution in [0.3, 0.4) is 0 Å². The van der Waals surface area contributed by atoms with E-state index in [1.807, 2.05) is 4.90 Å². The molecule has 2 heterocycles. The summed E-state index contributed by atoms with van der Waals surface area (Å²) in [6.07, 6.45) is 7.17. The molecule has 1 aromatic rings. The largest absolute Gasteiger partial charge is 0.384 e. The molecule has 5 heteroatoms. The van der Waals surface area contributed by atoms with Crippen molar-refractivity contribution in [3.63, 3.8) is 0 Å². The molecule has 2 atom stereocenters. The van der Waals surface area contributed by atoms with Gasteiger partial charge in [0.2, 0.25) is 0 Å². The number of nitrogen functional groups attached to an aromatic ring is 1. The van der Waals surface area contributed by atoms with Crippen molar-refractivity contribution in [3.05, 3.63) is 22.8 Å². The van der Waals surface area contributed by atoms with Crippen molar-refractivity contribution < 1.29 is 4.79 Å². The maximum atomic E-state index is 12.8. The highest BCUT2D eigenvalue weighted by Gasteiger charge is 2.36. The molecule has 2 N–H and O–H groups in total. The minimum Gasteiger partial charge on any atom is -0.384 e. The van der Waals surface area contributed by atoms with Crippen LogP contribution in [0.1, 0.15) is 49.0 Å². The summed E-state index contributed by atoms with van der Waals surface area (Å²) in [6, 6.07) is 3.64. The third-order valence-electron chi connectivity index (χ3n) is 4.57. The molecule has 1 saturated heterocycles. The number of hydrogen-bond donors (Lipinski definition) is 1. The van der Waals surface area contributed by atoms with E-state index in [4.69, 9.17) is 17.3 Å². The minimum atomic E-state index is -0.0566. The third-order valence-corrected chi connectivity index (χ3v) is 4.88. The van der Waals surface area contributed by atoms with Crippen LogP contribution in [-0.4, -0.2) is 28.4 Å². The number of rotatable bonds is 1. The zero-order valence-electron chi connectivity index (χ0n) is 11.5. The molecule has 0 aromatic carbocycles. The molecule has 0 spiro atoms. The fourth-order valence-corrected chi connectivity index (χ4v) is 3.81. The molecule has 1 saturated carbocycles. The van der Waals surface area contributed by atoms with E-state index in [0.717, 1.165) is 19.4 Å². The van der Waals surface area contributed by atoms with Crippen LogP contribution in [0.2, 0.25) is 5.02 Å². The zero-order valence-corrected chi connectivity index (χ0v) is 12.3. The van der Waals surface area contributed by atoms with Crippen molar-refractivity contribution in [1.82, 2.24) is 9.88 Å². The number of pyridine rings is 1. The van der Waals surface area contributed by atoms with Crippen molar-refractivity contribution in [1.29, 1.82) is 0 Å². The number of carbonyl (C=O) groups is 1. The number of aromatic nitrogens is 1. The number of fused-ring (bicyclic) bond motifs is 1. The first-order valence-electron chi connectivity index (χ1n) is 7.40. The molecule has 2 fully saturated rings. The Bertz CT molecular complexity index is 518. The van der Waals surface area contributed by atoms with Crippen LogP contribution in [0.4, 0.5) is 5.82 Å². The fourth-order valence-electron chi connectivity index (χ4n) is 3.62. The van der Waals surface area contributed by atoms with Gasteiger partial charge in [-0.3, -0.25) is 4.79 Å². The van der Waals surface area contributed by atoms with Gasteiger partial charge in [-0.2, -0.15) is 0 Å². The molecular weight excluding hydrogens is 274 g/mol. The summed E-state index contributed by atoms with van der Waals surface area (Å²) >= 11 is 6.12. The Morgan fingerprint density at radius 1 is 1.25 bits per heavy atom. The average molecular weight is 294 g/mol. The molecule has 0 unspecified atom stereocenters. The lowest BCUT2D eigenvalue weighted by Crippen LogP contribution is -2.49. The fraction of sp³-hybridized carbons (Fsp3) is 0.600. The Hall–Kier alpha value is -1.29. The molecule has 3 rings (SSSR count). The summed E-state index contributed by atoms with van der Waals surface area (Å²) < 4.78 is 0. The van der Waals surface area contributed by atoms with Gasteiger partial charge in [0.1, 0.15) is 11.5 Å². The maximum absolute atomic E-state index is 12.8. The smallest absolute Gasteiger partial charge is 0.274 e. The van der Waals surface area contributed by atoms with E-state index in [-0.39, 0.29) is 5.91 Å². The second-order valence-corrected chi connectivity index (χ2v) is 6.23. The Morgan fingerprint density at radius 2 is 2.00 bits per heavy atom. The highest BCUT2D eigenvalue weighted by atomic mass is 35.5. The summed E-state index contributed by atoms with van der Waals surface area (Å²) in [4.78, 5) is 18.9. The Labute approximate surface area is 124 Å². The lowest BCUT2D eigenvalue weighted by molar-refractivity contribution is 0.0385. The maximum Gasteiger partial charge on any atom is 0.274 e. The van der Waals surface area contributed by atoms with Gasteiger partial charge >= 0.3 is 0 Å². The normalized spacial score (nSPS) is 26.1. The molecule has 4 nitrogen and oxygen atoms in total. The Morgan fingerprint density at radius 3 is 2.85 bits per heavy atom. The van der Waals surface area contributed by atoms with Gasteiger partial charge in [0.25, 0.3) is 5.91 Å². The molecule has 1 aromatic heterocycles. The van der Waals surface area contributed by atoms with Gasteiger partial charge in [-0.15, -0.1) is 0 Å². The van der Waals surface area contributed by atoms with E-state index in [1.54, 1.807) is 12.1 Å². The van der Waals surface area contributed by atoms with E-state index >= 15 is 0 Å². The molecule has 0 bridgehead atoms. The van der Waals surface area contributed by atoms with Crippen molar-refractivity contribution in [2.75, 3.05) is 12.3 Å². The summed E-state index contributed by atoms with van der Waals surface area (Å²) in [5.74, 6) is 0.940. The van der Waals surface area contributed by atoms with Gasteiger partial charge in [-0.05, 0) is 43.7 Å². The quantitative estimate of drug-likeness (QED) is 0.865. The average Bonchev–Trinajstić information content (AvgIpc) is 2.48. The zero-order chi connectivity index (χ0) is 14.1. The first-order chi connectivity index (χ1) is 9.66. The number of hydrogen-bond acceptors (Lipinski definition) is 3. The van der Waals surface area contributed by atoms with Crippen molar-refractivity contribution in [2.45, 2.75) is 44.6 Å². The first kappa shape index (κ1) is 13.7. The number of likely N-dealkylation sites (tertiary alicyclic amines) is 1. The second-order valence-electron chi connectivity index (χ2n) is 5.82. The van der Waals surface area contributed by atoms with E-state index in [2.05, 4.69) is 4.98 Å². The van der Waals surface area contributed by atoms with Gasteiger partial charge in [-0.1, -0.05) is 24.4 Å². The first-order valence-corrected chi connectivity index (χ1v) is 7.77. The van der Waals surface area contributed by atoms with Crippen LogP contribution in [0.15, 0.2) is 12.1 Å². The van der Waals surface area contributed by atoms with Gasteiger partial charge in [0.05, 0.1) is 5.02 Å². The monoisotopic (exact) mass is 293 g/mol. The van der Waals surface area contributed by atoms with E-state index in [1.165, 1.54) is 25.7 Å². The lowest BCUT2D eigenvalue weighted by atomic mass is 9.78. The highest BCUT2D eigenvalue weighted by molar-refractivity contribution is 6.33. The van der Waals surface area contributed by atoms with Crippen LogP contribution in [-0.2, 0) is 0 Å². The van der Waals surface area contributed by atoms with Crippen LogP contribution >= 0.6 is 11.6 Å². The van der Waals surface area contributed by atoms with Gasteiger partial charge in [0.15, 0.2) is 0 Å². The van der Waals surface area contributed by atoms with Gasteiger partial charge in [-0.25, -0.2) is 4.98 Å². The number of piperidine rings is 1. The van der Waals surface area contributed by atoms with E-state index < -0.39 is 0 Å². The summed E-state index contributed by atoms with van der Waals surface area (Å²) in [7, 11) is 0. The number of halogens is 1. The summed E-state index contributed by atoms with van der Waals surface area (Å²) in [5, 5.41) is 0.391. The van der Waals surface area contributed by atoms with Crippen LogP contribution in [0.5, 0.6) is 0 Å². The van der Waals surface area contributed by atoms with Crippen LogP contribution < -0.4 is 5.73 Å². The Balaban J connectivity index is 1.87. The van der Waals surface area contributed by atoms with Crippen molar-refractivity contribution in [2.24, 2.45) is 5.92 Å². The SMILES string of the molecule is Nc1ccc(Cl)c(C(=O)N2CCC[C@H]3CCCC[C@H]32)n1. The van der Waals surface area contributed by atoms with Gasteiger partial charge < -0.3 is 10.6 Å². The number of amides is 1. The molecule has 2 aliphatic rings. The summed E-state index contributed by atoms with van der Waals surface area (Å²) in [5.41, 5.74) is 5.99. The molecule has 1 aliphatic heterocycles. The highest BCUT2D eigenvalue weighted by Crippen LogP contribution is 2.36. The molecular formula is C15H20ClN3O. The molecule has 1 aliphatic carbocycles.